The molecule has 0 saturated carbocycles. The Bertz CT molecular complexity index is 3580. The zero-order valence-electron chi connectivity index (χ0n) is 40.6. The van der Waals surface area contributed by atoms with Gasteiger partial charge in [0.2, 0.25) is 0 Å². The van der Waals surface area contributed by atoms with Crippen molar-refractivity contribution in [3.8, 4) is 22.3 Å². The quantitative estimate of drug-likeness (QED) is 0.153. The first-order valence-corrected chi connectivity index (χ1v) is 23.4. The molecule has 7 aromatic carbocycles. The predicted molar refractivity (Wildman–Crippen MR) is 271 cm³/mol. The number of fused-ring (bicyclic) bond motifs is 14. The summed E-state index contributed by atoms with van der Waals surface area (Å²) in [6.45, 7) is 26.2. The molecule has 2 nitrogen and oxygen atoms in total. The second kappa shape index (κ2) is 13.7. The SMILES string of the molecule is CC(C)(C)c1cc(-c2cccc3c4c5c6cc(C(F)(F)F)ccc6n6c7c(-c8cc(C(C)(C)C)cc(C(C)(C)C)c8)cccc7c(c7c8cc(C(F)(F)F)ccc8n(c23)c74)c56)cc(C(C)(C)C)c1. The van der Waals surface area contributed by atoms with E-state index >= 15 is 0 Å². The van der Waals surface area contributed by atoms with Crippen molar-refractivity contribution < 1.29 is 26.3 Å². The molecule has 0 radical (unpaired) electrons. The first kappa shape index (κ1) is 44.2. The Hall–Kier alpha value is -6.28. The van der Waals surface area contributed by atoms with Crippen LogP contribution in [0.15, 0.2) is 109 Å². The lowest BCUT2D eigenvalue weighted by Crippen LogP contribution is -2.16. The van der Waals surface area contributed by atoms with E-state index in [1.54, 1.807) is 12.1 Å². The largest absolute Gasteiger partial charge is 0.416 e. The van der Waals surface area contributed by atoms with Crippen LogP contribution in [0.3, 0.4) is 0 Å². The Balaban J connectivity index is 1.42. The van der Waals surface area contributed by atoms with Gasteiger partial charge in [-0.15, -0.1) is 0 Å². The molecule has 346 valence electrons. The smallest absolute Gasteiger partial charge is 0.307 e. The van der Waals surface area contributed by atoms with Crippen LogP contribution in [0.5, 0.6) is 0 Å². The molecular formula is C60H54F6N2. The number of hydrogen-bond donors (Lipinski definition) is 0. The van der Waals surface area contributed by atoms with Gasteiger partial charge >= 0.3 is 12.4 Å². The van der Waals surface area contributed by atoms with E-state index in [1.807, 2.05) is 24.3 Å². The van der Waals surface area contributed by atoms with Crippen molar-refractivity contribution in [1.82, 2.24) is 8.80 Å². The highest BCUT2D eigenvalue weighted by Gasteiger charge is 2.36. The van der Waals surface area contributed by atoms with Gasteiger partial charge in [-0.25, -0.2) is 0 Å². The molecule has 4 heterocycles. The molecule has 0 aliphatic carbocycles. The third-order valence-corrected chi connectivity index (χ3v) is 14.6. The average molecular weight is 917 g/mol. The number of aromatic nitrogens is 2. The van der Waals surface area contributed by atoms with Crippen LogP contribution in [-0.4, -0.2) is 8.80 Å². The fourth-order valence-corrected chi connectivity index (χ4v) is 10.9. The molecule has 0 saturated heterocycles. The van der Waals surface area contributed by atoms with Crippen LogP contribution in [0.2, 0.25) is 0 Å². The number of benzene rings is 7. The molecule has 8 heteroatoms. The van der Waals surface area contributed by atoms with E-state index in [2.05, 4.69) is 140 Å². The summed E-state index contributed by atoms with van der Waals surface area (Å²) in [4.78, 5) is 0. The van der Waals surface area contributed by atoms with E-state index in [0.29, 0.717) is 54.4 Å². The lowest BCUT2D eigenvalue weighted by molar-refractivity contribution is -0.138. The minimum Gasteiger partial charge on any atom is -0.307 e. The number of nitrogens with zero attached hydrogens (tertiary/aromatic N) is 2. The van der Waals surface area contributed by atoms with E-state index in [9.17, 15) is 26.3 Å². The molecule has 11 rings (SSSR count). The third kappa shape index (κ3) is 6.38. The number of rotatable bonds is 2. The molecule has 11 aromatic rings. The fourth-order valence-electron chi connectivity index (χ4n) is 10.9. The first-order chi connectivity index (χ1) is 31.5. The van der Waals surface area contributed by atoms with Crippen molar-refractivity contribution in [1.29, 1.82) is 0 Å². The lowest BCUT2D eigenvalue weighted by Gasteiger charge is -2.26. The highest BCUT2D eigenvalue weighted by atomic mass is 19.4. The van der Waals surface area contributed by atoms with Gasteiger partial charge in [-0.05, 0) is 91.4 Å². The topological polar surface area (TPSA) is 8.82 Å². The van der Waals surface area contributed by atoms with Crippen LogP contribution < -0.4 is 0 Å². The summed E-state index contributed by atoms with van der Waals surface area (Å²) in [6.07, 6.45) is -9.26. The Kier molecular flexibility index (Phi) is 8.91. The number of para-hydroxylation sites is 2. The van der Waals surface area contributed by atoms with Crippen molar-refractivity contribution in [2.45, 2.75) is 117 Å². The van der Waals surface area contributed by atoms with Gasteiger partial charge in [0.25, 0.3) is 0 Å². The molecule has 0 spiro atoms. The summed E-state index contributed by atoms with van der Waals surface area (Å²) in [5, 5.41) is 5.21. The summed E-state index contributed by atoms with van der Waals surface area (Å²) >= 11 is 0. The van der Waals surface area contributed by atoms with Gasteiger partial charge in [-0.1, -0.05) is 156 Å². The zero-order chi connectivity index (χ0) is 48.7. The molecule has 0 aliphatic heterocycles. The van der Waals surface area contributed by atoms with Crippen molar-refractivity contribution in [2.75, 3.05) is 0 Å². The molecule has 0 amide bonds. The van der Waals surface area contributed by atoms with E-state index in [1.165, 1.54) is 12.1 Å². The summed E-state index contributed by atoms with van der Waals surface area (Å²) in [5.41, 5.74) is 10.0. The van der Waals surface area contributed by atoms with Crippen LogP contribution in [0, 0.1) is 0 Å². The van der Waals surface area contributed by atoms with Crippen molar-refractivity contribution in [3.05, 3.63) is 143 Å². The molecule has 0 aliphatic rings. The van der Waals surface area contributed by atoms with Crippen molar-refractivity contribution >= 4 is 76.2 Å². The number of hydrogen-bond acceptors (Lipinski definition) is 0. The van der Waals surface area contributed by atoms with Gasteiger partial charge in [0.15, 0.2) is 0 Å². The van der Waals surface area contributed by atoms with Gasteiger partial charge in [0.1, 0.15) is 0 Å². The van der Waals surface area contributed by atoms with Gasteiger partial charge in [0, 0.05) is 54.2 Å². The maximum absolute atomic E-state index is 14.9. The van der Waals surface area contributed by atoms with Crippen molar-refractivity contribution in [3.63, 3.8) is 0 Å². The van der Waals surface area contributed by atoms with Crippen molar-refractivity contribution in [2.24, 2.45) is 0 Å². The average Bonchev–Trinajstić information content (AvgIpc) is 3.97. The van der Waals surface area contributed by atoms with Crippen LogP contribution in [0.4, 0.5) is 26.3 Å². The second-order valence-corrected chi connectivity index (χ2v) is 23.3. The zero-order valence-corrected chi connectivity index (χ0v) is 40.6. The molecule has 68 heavy (non-hydrogen) atoms. The Morgan fingerprint density at radius 3 is 0.912 bits per heavy atom. The Labute approximate surface area is 391 Å². The standard InChI is InChI=1S/C60H54F6N2/c1-55(2,3)35-23-31(24-36(27-35)56(4,5)6)39-15-13-17-41-47-49-44-30-34(60(64,65)66)20-22-46(44)68-52-40(32-25-37(57(7,8)9)28-38(26-32)58(10,11)12)16-14-18-42(52)48(54(49)68)50-43-29-33(59(61,62)63)19-21-45(43)67(51(39)41)53(47)50/h13-30H,1-12H3. The van der Waals surface area contributed by atoms with Crippen LogP contribution >= 0.6 is 0 Å². The summed E-state index contributed by atoms with van der Waals surface area (Å²) < 4.78 is 93.8. The lowest BCUT2D eigenvalue weighted by atomic mass is 9.78. The molecule has 0 N–H and O–H groups in total. The normalized spacial score (nSPS) is 14.0. The molecule has 0 unspecified atom stereocenters. The highest BCUT2D eigenvalue weighted by Crippen LogP contribution is 2.55. The second-order valence-electron chi connectivity index (χ2n) is 23.3. The minimum absolute atomic E-state index is 0.205. The van der Waals surface area contributed by atoms with Gasteiger partial charge in [-0.3, -0.25) is 0 Å². The highest BCUT2D eigenvalue weighted by molar-refractivity contribution is 6.46. The Morgan fingerprint density at radius 1 is 0.309 bits per heavy atom. The molecule has 0 bridgehead atoms. The molecule has 0 atom stereocenters. The maximum Gasteiger partial charge on any atom is 0.416 e. The first-order valence-electron chi connectivity index (χ1n) is 23.4. The fraction of sp³-hybridized carbons (Fsp3) is 0.300. The van der Waals surface area contributed by atoms with E-state index in [4.69, 9.17) is 0 Å². The van der Waals surface area contributed by atoms with E-state index in [-0.39, 0.29) is 21.7 Å². The van der Waals surface area contributed by atoms with Crippen LogP contribution in [-0.2, 0) is 34.0 Å². The van der Waals surface area contributed by atoms with Gasteiger partial charge in [0.05, 0.1) is 44.2 Å². The van der Waals surface area contributed by atoms with E-state index in [0.717, 1.165) is 78.4 Å². The molecule has 0 fully saturated rings. The van der Waals surface area contributed by atoms with Crippen LogP contribution in [0.25, 0.3) is 98.4 Å². The summed E-state index contributed by atoms with van der Waals surface area (Å²) in [7, 11) is 0. The van der Waals surface area contributed by atoms with Gasteiger partial charge < -0.3 is 8.80 Å². The monoisotopic (exact) mass is 916 g/mol. The summed E-state index contributed by atoms with van der Waals surface area (Å²) in [6, 6.07) is 33.5. The third-order valence-electron chi connectivity index (χ3n) is 14.6. The minimum atomic E-state index is -4.63. The number of halogens is 6. The Morgan fingerprint density at radius 2 is 0.618 bits per heavy atom. The van der Waals surface area contributed by atoms with E-state index < -0.39 is 23.5 Å². The van der Waals surface area contributed by atoms with Gasteiger partial charge in [-0.2, -0.15) is 26.3 Å². The number of alkyl halides is 6. The van der Waals surface area contributed by atoms with Crippen LogP contribution in [0.1, 0.15) is 116 Å². The summed E-state index contributed by atoms with van der Waals surface area (Å²) in [5.74, 6) is 0. The molecular weight excluding hydrogens is 863 g/mol. The maximum atomic E-state index is 14.9. The molecule has 4 aromatic heterocycles. The predicted octanol–water partition coefficient (Wildman–Crippen LogP) is 18.5.